The van der Waals surface area contributed by atoms with Gasteiger partial charge in [-0.05, 0) is 69.3 Å². The van der Waals surface area contributed by atoms with Gasteiger partial charge in [-0.2, -0.15) is 0 Å². The maximum atomic E-state index is 11.2. The average molecular weight is 418 g/mol. The summed E-state index contributed by atoms with van der Waals surface area (Å²) in [5, 5.41) is 0.582. The van der Waals surface area contributed by atoms with E-state index in [1.54, 1.807) is 13.2 Å². The minimum absolute atomic E-state index is 0.457. The van der Waals surface area contributed by atoms with Crippen LogP contribution in [-0.4, -0.2) is 52.9 Å². The van der Waals surface area contributed by atoms with Gasteiger partial charge in [0.15, 0.2) is 0 Å². The number of nitrogens with one attached hydrogen (secondary N) is 1. The van der Waals surface area contributed by atoms with Crippen molar-refractivity contribution in [2.24, 2.45) is 5.92 Å². The molecule has 0 aliphatic carbocycles. The van der Waals surface area contributed by atoms with E-state index in [1.165, 1.54) is 6.26 Å². The van der Waals surface area contributed by atoms with Crippen molar-refractivity contribution in [2.75, 3.05) is 45.3 Å². The van der Waals surface area contributed by atoms with E-state index in [-0.39, 0.29) is 0 Å². The van der Waals surface area contributed by atoms with Crippen molar-refractivity contribution >= 4 is 27.3 Å². The third-order valence-corrected chi connectivity index (χ3v) is 6.18. The standard InChI is InChI=1S/C19H32ClN3O3S/c1-26-19-13-18(21)17(20)12-16(19)6-4-3-5-9-23-10-7-15(8-11-23)14-22-27(2,24)25/h12-13,15,22H,3-11,14,21H2,1-2H3. The van der Waals surface area contributed by atoms with Crippen molar-refractivity contribution in [3.8, 4) is 5.75 Å². The van der Waals surface area contributed by atoms with Gasteiger partial charge in [0.1, 0.15) is 5.75 Å². The molecule has 1 aliphatic rings. The number of methoxy groups -OCH3 is 1. The van der Waals surface area contributed by atoms with Gasteiger partial charge in [-0.15, -0.1) is 0 Å². The molecule has 1 aromatic carbocycles. The van der Waals surface area contributed by atoms with Crippen LogP contribution in [0.1, 0.15) is 37.7 Å². The van der Waals surface area contributed by atoms with Crippen LogP contribution in [0.5, 0.6) is 5.75 Å². The summed E-state index contributed by atoms with van der Waals surface area (Å²) in [4.78, 5) is 2.48. The Morgan fingerprint density at radius 2 is 1.96 bits per heavy atom. The number of nitrogens with two attached hydrogens (primary N) is 1. The summed E-state index contributed by atoms with van der Waals surface area (Å²) in [5.41, 5.74) is 7.48. The monoisotopic (exact) mass is 417 g/mol. The molecule has 0 radical (unpaired) electrons. The molecule has 1 saturated heterocycles. The highest BCUT2D eigenvalue weighted by atomic mass is 35.5. The fraction of sp³-hybridized carbons (Fsp3) is 0.684. The van der Waals surface area contributed by atoms with E-state index in [1.807, 2.05) is 6.07 Å². The third-order valence-electron chi connectivity index (χ3n) is 5.16. The number of ether oxygens (including phenoxy) is 1. The number of nitrogen functional groups attached to an aromatic ring is 1. The third kappa shape index (κ3) is 7.86. The number of aryl methyl sites for hydroxylation is 1. The maximum Gasteiger partial charge on any atom is 0.208 e. The van der Waals surface area contributed by atoms with Crippen molar-refractivity contribution < 1.29 is 13.2 Å². The lowest BCUT2D eigenvalue weighted by atomic mass is 9.97. The molecular weight excluding hydrogens is 386 g/mol. The van der Waals surface area contributed by atoms with Crippen LogP contribution < -0.4 is 15.2 Å². The van der Waals surface area contributed by atoms with E-state index in [2.05, 4.69) is 9.62 Å². The van der Waals surface area contributed by atoms with Gasteiger partial charge in [0.2, 0.25) is 10.0 Å². The van der Waals surface area contributed by atoms with Crippen molar-refractivity contribution in [3.63, 3.8) is 0 Å². The number of rotatable bonds is 10. The topological polar surface area (TPSA) is 84.7 Å². The van der Waals surface area contributed by atoms with Gasteiger partial charge >= 0.3 is 0 Å². The highest BCUT2D eigenvalue weighted by molar-refractivity contribution is 7.88. The lowest BCUT2D eigenvalue weighted by Gasteiger charge is -2.31. The number of unbranched alkanes of at least 4 members (excludes halogenated alkanes) is 2. The molecule has 1 aliphatic heterocycles. The molecule has 1 aromatic rings. The van der Waals surface area contributed by atoms with Crippen LogP contribution in [0.15, 0.2) is 12.1 Å². The molecule has 2 rings (SSSR count). The van der Waals surface area contributed by atoms with Crippen LogP contribution in [0, 0.1) is 5.92 Å². The molecule has 0 unspecified atom stereocenters. The number of likely N-dealkylation sites (tertiary alicyclic amines) is 1. The number of nitrogens with zero attached hydrogens (tertiary/aromatic N) is 1. The molecule has 0 bridgehead atoms. The van der Waals surface area contributed by atoms with Crippen LogP contribution in [0.2, 0.25) is 5.02 Å². The molecule has 0 saturated carbocycles. The molecule has 27 heavy (non-hydrogen) atoms. The van der Waals surface area contributed by atoms with E-state index < -0.39 is 10.0 Å². The summed E-state index contributed by atoms with van der Waals surface area (Å²) in [6.07, 6.45) is 7.68. The Morgan fingerprint density at radius 3 is 2.59 bits per heavy atom. The molecule has 1 fully saturated rings. The molecule has 154 valence electrons. The second kappa shape index (κ2) is 10.5. The Hall–Kier alpha value is -1.02. The van der Waals surface area contributed by atoms with Crippen LogP contribution in [0.4, 0.5) is 5.69 Å². The molecule has 0 amide bonds. The van der Waals surface area contributed by atoms with Gasteiger partial charge in [0, 0.05) is 12.6 Å². The molecule has 8 heteroatoms. The Bertz CT molecular complexity index is 704. The summed E-state index contributed by atoms with van der Waals surface area (Å²) in [6, 6.07) is 3.70. The Balaban J connectivity index is 1.62. The maximum absolute atomic E-state index is 11.2. The minimum Gasteiger partial charge on any atom is -0.496 e. The first-order valence-corrected chi connectivity index (χ1v) is 11.8. The van der Waals surface area contributed by atoms with Crippen molar-refractivity contribution in [2.45, 2.75) is 38.5 Å². The first-order valence-electron chi connectivity index (χ1n) is 9.57. The number of hydrogen-bond donors (Lipinski definition) is 2. The fourth-order valence-corrected chi connectivity index (χ4v) is 4.23. The predicted octanol–water partition coefficient (Wildman–Crippen LogP) is 2.90. The second-order valence-electron chi connectivity index (χ2n) is 7.40. The zero-order valence-electron chi connectivity index (χ0n) is 16.3. The zero-order chi connectivity index (χ0) is 19.9. The Morgan fingerprint density at radius 1 is 1.26 bits per heavy atom. The molecule has 0 spiro atoms. The normalized spacial score (nSPS) is 16.6. The largest absolute Gasteiger partial charge is 0.496 e. The van der Waals surface area contributed by atoms with E-state index in [0.29, 0.717) is 23.2 Å². The molecule has 3 N–H and O–H groups in total. The summed E-state index contributed by atoms with van der Waals surface area (Å²) in [6.45, 7) is 3.78. The van der Waals surface area contributed by atoms with Gasteiger partial charge in [0.05, 0.1) is 24.1 Å². The fourth-order valence-electron chi connectivity index (χ4n) is 3.51. The molecule has 0 atom stereocenters. The van der Waals surface area contributed by atoms with Gasteiger partial charge < -0.3 is 15.4 Å². The van der Waals surface area contributed by atoms with Gasteiger partial charge in [-0.3, -0.25) is 0 Å². The SMILES string of the molecule is COc1cc(N)c(Cl)cc1CCCCCN1CCC(CNS(C)(=O)=O)CC1. The number of piperidine rings is 1. The zero-order valence-corrected chi connectivity index (χ0v) is 17.9. The number of halogens is 1. The van der Waals surface area contributed by atoms with E-state index >= 15 is 0 Å². The number of benzene rings is 1. The smallest absolute Gasteiger partial charge is 0.208 e. The first kappa shape index (κ1) is 22.3. The summed E-state index contributed by atoms with van der Waals surface area (Å²) in [5.74, 6) is 1.26. The highest BCUT2D eigenvalue weighted by Crippen LogP contribution is 2.30. The van der Waals surface area contributed by atoms with Crippen LogP contribution in [0.25, 0.3) is 0 Å². The van der Waals surface area contributed by atoms with Crippen molar-refractivity contribution in [1.29, 1.82) is 0 Å². The lowest BCUT2D eigenvalue weighted by Crippen LogP contribution is -2.38. The molecule has 6 nitrogen and oxygen atoms in total. The average Bonchev–Trinajstić information content (AvgIpc) is 2.62. The second-order valence-corrected chi connectivity index (χ2v) is 9.64. The van der Waals surface area contributed by atoms with Crippen LogP contribution >= 0.6 is 11.6 Å². The Kier molecular flexibility index (Phi) is 8.66. The van der Waals surface area contributed by atoms with Crippen LogP contribution in [-0.2, 0) is 16.4 Å². The van der Waals surface area contributed by atoms with Crippen LogP contribution in [0.3, 0.4) is 0 Å². The van der Waals surface area contributed by atoms with Gasteiger partial charge in [0.25, 0.3) is 0 Å². The predicted molar refractivity (Wildman–Crippen MR) is 112 cm³/mol. The summed E-state index contributed by atoms with van der Waals surface area (Å²) in [7, 11) is -1.42. The quantitative estimate of drug-likeness (QED) is 0.451. The number of anilines is 1. The van der Waals surface area contributed by atoms with Gasteiger partial charge in [-0.25, -0.2) is 13.1 Å². The molecule has 1 heterocycles. The number of hydrogen-bond acceptors (Lipinski definition) is 5. The molecular formula is C19H32ClN3O3S. The van der Waals surface area contributed by atoms with Crippen molar-refractivity contribution in [3.05, 3.63) is 22.7 Å². The lowest BCUT2D eigenvalue weighted by molar-refractivity contribution is 0.182. The molecule has 0 aromatic heterocycles. The first-order chi connectivity index (χ1) is 12.8. The van der Waals surface area contributed by atoms with E-state index in [9.17, 15) is 8.42 Å². The minimum atomic E-state index is -3.08. The summed E-state index contributed by atoms with van der Waals surface area (Å²) < 4.78 is 30.4. The van der Waals surface area contributed by atoms with E-state index in [4.69, 9.17) is 22.1 Å². The van der Waals surface area contributed by atoms with E-state index in [0.717, 1.165) is 69.5 Å². The van der Waals surface area contributed by atoms with Gasteiger partial charge in [-0.1, -0.05) is 18.0 Å². The summed E-state index contributed by atoms with van der Waals surface area (Å²) >= 11 is 6.12. The number of sulfonamides is 1. The van der Waals surface area contributed by atoms with Crippen molar-refractivity contribution in [1.82, 2.24) is 9.62 Å². The highest BCUT2D eigenvalue weighted by Gasteiger charge is 2.19. The Labute approximate surface area is 168 Å².